The van der Waals surface area contributed by atoms with Gasteiger partial charge in [-0.1, -0.05) is 12.1 Å². The third kappa shape index (κ3) is 4.57. The molecule has 4 aromatic rings. The zero-order valence-electron chi connectivity index (χ0n) is 21.9. The molecule has 0 aliphatic carbocycles. The zero-order valence-corrected chi connectivity index (χ0v) is 21.9. The fourth-order valence-electron chi connectivity index (χ4n) is 5.05. The summed E-state index contributed by atoms with van der Waals surface area (Å²) in [5.74, 6) is -0.413. The number of ether oxygens (including phenoxy) is 1. The van der Waals surface area contributed by atoms with Crippen LogP contribution in [0.25, 0.3) is 22.3 Å². The van der Waals surface area contributed by atoms with Gasteiger partial charge in [0.25, 0.3) is 0 Å². The number of nitrogens with zero attached hydrogens (tertiary/aromatic N) is 5. The van der Waals surface area contributed by atoms with Crippen LogP contribution in [0.1, 0.15) is 42.3 Å². The average molecular weight is 517 g/mol. The first kappa shape index (κ1) is 25.3. The van der Waals surface area contributed by atoms with Crippen LogP contribution in [-0.4, -0.2) is 49.0 Å². The van der Waals surface area contributed by atoms with Crippen molar-refractivity contribution >= 4 is 22.7 Å². The fourth-order valence-corrected chi connectivity index (χ4v) is 5.05. The molecule has 1 fully saturated rings. The molecule has 2 aromatic heterocycles. The Morgan fingerprint density at radius 3 is 2.74 bits per heavy atom. The molecule has 0 saturated carbocycles. The van der Waals surface area contributed by atoms with E-state index in [9.17, 15) is 14.0 Å². The monoisotopic (exact) mass is 516 g/mol. The number of rotatable bonds is 6. The van der Waals surface area contributed by atoms with E-state index in [1.165, 1.54) is 23.4 Å². The highest BCUT2D eigenvalue weighted by atomic mass is 19.1. The van der Waals surface area contributed by atoms with E-state index in [0.717, 1.165) is 22.2 Å². The standard InChI is InChI=1S/C28H29FN6O3/c1-15-9-19(29)11-21(18(4)35-12-17(3)33-27(36)28(35)37)23(15)13-38-24-8-6-7-20-22(10-16(2)32-25(20)24)26-30-14-31-34(26)5/h6-11,14,17-18H,12-13H2,1-5H3,(H,33,36)/t17-,18-/m0/s1. The number of benzene rings is 2. The lowest BCUT2D eigenvalue weighted by Gasteiger charge is -2.36. The minimum absolute atomic E-state index is 0.129. The third-order valence-electron chi connectivity index (χ3n) is 6.95. The normalized spacial score (nSPS) is 16.6. The van der Waals surface area contributed by atoms with Crippen molar-refractivity contribution in [3.63, 3.8) is 0 Å². The van der Waals surface area contributed by atoms with E-state index in [4.69, 9.17) is 9.72 Å². The number of fused-ring (bicyclic) bond motifs is 1. The summed E-state index contributed by atoms with van der Waals surface area (Å²) in [7, 11) is 1.84. The van der Waals surface area contributed by atoms with Crippen LogP contribution in [0.2, 0.25) is 0 Å². The Hall–Kier alpha value is -4.34. The number of aromatic nitrogens is 4. The van der Waals surface area contributed by atoms with Crippen molar-refractivity contribution in [3.05, 3.63) is 70.9 Å². The molecule has 0 spiro atoms. The van der Waals surface area contributed by atoms with Gasteiger partial charge in [-0.3, -0.25) is 9.59 Å². The number of amides is 2. The van der Waals surface area contributed by atoms with Crippen molar-refractivity contribution in [2.45, 2.75) is 46.4 Å². The highest BCUT2D eigenvalue weighted by Gasteiger charge is 2.34. The average Bonchev–Trinajstić information content (AvgIpc) is 3.30. The minimum Gasteiger partial charge on any atom is -0.487 e. The summed E-state index contributed by atoms with van der Waals surface area (Å²) in [6, 6.07) is 9.79. The molecule has 9 nitrogen and oxygen atoms in total. The van der Waals surface area contributed by atoms with E-state index in [1.54, 1.807) is 11.6 Å². The molecule has 10 heteroatoms. The lowest BCUT2D eigenvalue weighted by atomic mass is 9.95. The Morgan fingerprint density at radius 1 is 1.21 bits per heavy atom. The van der Waals surface area contributed by atoms with Gasteiger partial charge >= 0.3 is 11.8 Å². The van der Waals surface area contributed by atoms with Gasteiger partial charge in [-0.15, -0.1) is 0 Å². The molecule has 2 atom stereocenters. The second kappa shape index (κ2) is 9.85. The summed E-state index contributed by atoms with van der Waals surface area (Å²) in [5.41, 5.74) is 4.41. The van der Waals surface area contributed by atoms with Crippen LogP contribution >= 0.6 is 0 Å². The molecule has 0 radical (unpaired) electrons. The third-order valence-corrected chi connectivity index (χ3v) is 6.95. The number of halogens is 1. The number of hydrogen-bond donors (Lipinski definition) is 1. The molecule has 0 bridgehead atoms. The molecule has 1 N–H and O–H groups in total. The summed E-state index contributed by atoms with van der Waals surface area (Å²) in [4.78, 5) is 35.4. The van der Waals surface area contributed by atoms with Gasteiger partial charge in [-0.25, -0.2) is 19.0 Å². The maximum Gasteiger partial charge on any atom is 0.312 e. The number of aryl methyl sites for hydroxylation is 3. The molecule has 1 saturated heterocycles. The number of pyridine rings is 1. The zero-order chi connectivity index (χ0) is 27.1. The Balaban J connectivity index is 1.52. The summed E-state index contributed by atoms with van der Waals surface area (Å²) < 4.78 is 22.6. The predicted molar refractivity (Wildman–Crippen MR) is 140 cm³/mol. The van der Waals surface area contributed by atoms with Gasteiger partial charge in [0.05, 0.1) is 6.04 Å². The molecule has 1 aliphatic heterocycles. The molecular weight excluding hydrogens is 487 g/mol. The van der Waals surface area contributed by atoms with Crippen LogP contribution in [0, 0.1) is 19.7 Å². The van der Waals surface area contributed by atoms with E-state index in [0.29, 0.717) is 34.8 Å². The summed E-state index contributed by atoms with van der Waals surface area (Å²) in [5, 5.41) is 7.71. The van der Waals surface area contributed by atoms with Crippen molar-refractivity contribution < 1.29 is 18.7 Å². The highest BCUT2D eigenvalue weighted by Crippen LogP contribution is 2.34. The van der Waals surface area contributed by atoms with Gasteiger partial charge in [-0.2, -0.15) is 5.10 Å². The van der Waals surface area contributed by atoms with E-state index in [2.05, 4.69) is 15.4 Å². The van der Waals surface area contributed by atoms with Crippen molar-refractivity contribution in [1.82, 2.24) is 30.0 Å². The molecular formula is C28H29FN6O3. The Labute approximate surface area is 219 Å². The van der Waals surface area contributed by atoms with E-state index < -0.39 is 23.7 Å². The minimum atomic E-state index is -0.655. The molecule has 3 heterocycles. The molecule has 2 amide bonds. The van der Waals surface area contributed by atoms with Crippen molar-refractivity contribution in [2.75, 3.05) is 6.54 Å². The Bertz CT molecular complexity index is 1570. The number of carbonyl (C=O) groups is 2. The molecule has 1 aliphatic rings. The van der Waals surface area contributed by atoms with Crippen LogP contribution in [0.15, 0.2) is 42.7 Å². The number of para-hydroxylation sites is 1. The first-order valence-corrected chi connectivity index (χ1v) is 12.4. The van der Waals surface area contributed by atoms with Gasteiger partial charge in [-0.05, 0) is 68.7 Å². The molecule has 5 rings (SSSR count). The summed E-state index contributed by atoms with van der Waals surface area (Å²) in [6.07, 6.45) is 1.51. The fraction of sp³-hybridized carbons (Fsp3) is 0.321. The van der Waals surface area contributed by atoms with Crippen LogP contribution < -0.4 is 10.1 Å². The van der Waals surface area contributed by atoms with Crippen LogP contribution in [0.3, 0.4) is 0 Å². The lowest BCUT2D eigenvalue weighted by Crippen LogP contribution is -2.57. The topological polar surface area (TPSA) is 102 Å². The van der Waals surface area contributed by atoms with Gasteiger partial charge in [0.2, 0.25) is 0 Å². The molecule has 0 unspecified atom stereocenters. The van der Waals surface area contributed by atoms with Crippen LogP contribution in [0.5, 0.6) is 5.75 Å². The van der Waals surface area contributed by atoms with E-state index >= 15 is 0 Å². The largest absolute Gasteiger partial charge is 0.487 e. The molecule has 38 heavy (non-hydrogen) atoms. The van der Waals surface area contributed by atoms with Crippen LogP contribution in [0.4, 0.5) is 4.39 Å². The first-order valence-electron chi connectivity index (χ1n) is 12.4. The predicted octanol–water partition coefficient (Wildman–Crippen LogP) is 3.77. The number of hydrogen-bond acceptors (Lipinski definition) is 6. The SMILES string of the molecule is Cc1cc(-c2ncnn2C)c2cccc(OCc3c(C)cc(F)cc3[C@H](C)N3C[C@H](C)NC(=O)C3=O)c2n1. The Kier molecular flexibility index (Phi) is 6.56. The summed E-state index contributed by atoms with van der Waals surface area (Å²) >= 11 is 0. The highest BCUT2D eigenvalue weighted by molar-refractivity contribution is 6.35. The van der Waals surface area contributed by atoms with Crippen molar-refractivity contribution in [2.24, 2.45) is 7.05 Å². The van der Waals surface area contributed by atoms with Crippen molar-refractivity contribution in [1.29, 1.82) is 0 Å². The van der Waals surface area contributed by atoms with Gasteiger partial charge in [0.15, 0.2) is 5.82 Å². The number of nitrogens with one attached hydrogen (secondary N) is 1. The number of carbonyl (C=O) groups excluding carboxylic acids is 2. The maximum atomic E-state index is 14.6. The van der Waals surface area contributed by atoms with Gasteiger partial charge in [0.1, 0.15) is 30.0 Å². The summed E-state index contributed by atoms with van der Waals surface area (Å²) in [6.45, 7) is 7.81. The van der Waals surface area contributed by atoms with Gasteiger partial charge < -0.3 is 15.0 Å². The second-order valence-electron chi connectivity index (χ2n) is 9.76. The lowest BCUT2D eigenvalue weighted by molar-refractivity contribution is -0.151. The van der Waals surface area contributed by atoms with Gasteiger partial charge in [0, 0.05) is 36.3 Å². The molecule has 196 valence electrons. The van der Waals surface area contributed by atoms with E-state index in [-0.39, 0.29) is 12.6 Å². The molecule has 2 aromatic carbocycles. The number of piperazine rings is 1. The second-order valence-corrected chi connectivity index (χ2v) is 9.76. The first-order chi connectivity index (χ1) is 18.1. The van der Waals surface area contributed by atoms with E-state index in [1.807, 2.05) is 52.1 Å². The van der Waals surface area contributed by atoms with Crippen molar-refractivity contribution in [3.8, 4) is 17.1 Å². The quantitative estimate of drug-likeness (QED) is 0.392. The smallest absolute Gasteiger partial charge is 0.312 e. The Morgan fingerprint density at radius 2 is 2.00 bits per heavy atom. The maximum absolute atomic E-state index is 14.6. The van der Waals surface area contributed by atoms with Crippen LogP contribution in [-0.2, 0) is 23.2 Å².